The maximum Gasteiger partial charge on any atom is 0.256 e. The van der Waals surface area contributed by atoms with Crippen LogP contribution in [-0.4, -0.2) is 35.3 Å². The van der Waals surface area contributed by atoms with Gasteiger partial charge in [0.2, 0.25) is 0 Å². The molecule has 4 rings (SSSR count). The SMILES string of the molecule is CC[C@H]1CO[C@]2(CC[C@@H](OCc3ccccc3)C2)N1C(=O)c1ccccc1. The number of rotatable bonds is 5. The lowest BCUT2D eigenvalue weighted by Crippen LogP contribution is -2.50. The molecule has 2 aromatic carbocycles. The Hall–Kier alpha value is -2.17. The van der Waals surface area contributed by atoms with Gasteiger partial charge in [-0.25, -0.2) is 0 Å². The van der Waals surface area contributed by atoms with Crippen LogP contribution in [0.3, 0.4) is 0 Å². The van der Waals surface area contributed by atoms with E-state index in [4.69, 9.17) is 9.47 Å². The minimum Gasteiger partial charge on any atom is -0.373 e. The third kappa shape index (κ3) is 3.64. The first-order valence-electron chi connectivity index (χ1n) is 9.90. The van der Waals surface area contributed by atoms with E-state index < -0.39 is 5.72 Å². The summed E-state index contributed by atoms with van der Waals surface area (Å²) in [6.45, 7) is 3.34. The van der Waals surface area contributed by atoms with Gasteiger partial charge in [-0.05, 0) is 37.0 Å². The number of hydrogen-bond donors (Lipinski definition) is 0. The Labute approximate surface area is 161 Å². The molecule has 0 N–H and O–H groups in total. The highest BCUT2D eigenvalue weighted by Crippen LogP contribution is 2.44. The van der Waals surface area contributed by atoms with Crippen molar-refractivity contribution in [3.8, 4) is 0 Å². The van der Waals surface area contributed by atoms with Gasteiger partial charge >= 0.3 is 0 Å². The summed E-state index contributed by atoms with van der Waals surface area (Å²) in [6.07, 6.45) is 3.51. The van der Waals surface area contributed by atoms with E-state index in [-0.39, 0.29) is 18.1 Å². The van der Waals surface area contributed by atoms with Crippen molar-refractivity contribution in [3.63, 3.8) is 0 Å². The fraction of sp³-hybridized carbons (Fsp3) is 0.435. The molecule has 4 nitrogen and oxygen atoms in total. The number of benzene rings is 2. The van der Waals surface area contributed by atoms with Crippen LogP contribution in [0.1, 0.15) is 48.5 Å². The van der Waals surface area contributed by atoms with Crippen LogP contribution >= 0.6 is 0 Å². The second kappa shape index (κ2) is 7.83. The summed E-state index contributed by atoms with van der Waals surface area (Å²) in [7, 11) is 0. The maximum atomic E-state index is 13.3. The number of carbonyl (C=O) groups excluding carboxylic acids is 1. The molecule has 2 fully saturated rings. The number of carbonyl (C=O) groups is 1. The molecular weight excluding hydrogens is 338 g/mol. The largest absolute Gasteiger partial charge is 0.373 e. The van der Waals surface area contributed by atoms with Gasteiger partial charge in [0.15, 0.2) is 0 Å². The molecule has 1 saturated heterocycles. The van der Waals surface area contributed by atoms with E-state index in [1.54, 1.807) is 0 Å². The monoisotopic (exact) mass is 365 g/mol. The topological polar surface area (TPSA) is 38.8 Å². The van der Waals surface area contributed by atoms with Gasteiger partial charge in [0.05, 0.1) is 25.4 Å². The summed E-state index contributed by atoms with van der Waals surface area (Å²) in [5, 5.41) is 0. The number of amides is 1. The van der Waals surface area contributed by atoms with Gasteiger partial charge in [-0.2, -0.15) is 0 Å². The van der Waals surface area contributed by atoms with Gasteiger partial charge in [-0.3, -0.25) is 4.79 Å². The zero-order chi connectivity index (χ0) is 18.7. The normalized spacial score (nSPS) is 27.4. The zero-order valence-electron chi connectivity index (χ0n) is 15.8. The van der Waals surface area contributed by atoms with Gasteiger partial charge in [0.1, 0.15) is 5.72 Å². The highest BCUT2D eigenvalue weighted by Gasteiger charge is 2.53. The Morgan fingerprint density at radius 3 is 2.56 bits per heavy atom. The zero-order valence-corrected chi connectivity index (χ0v) is 15.8. The highest BCUT2D eigenvalue weighted by molar-refractivity contribution is 5.95. The molecule has 2 aliphatic rings. The second-order valence-electron chi connectivity index (χ2n) is 7.52. The third-order valence-corrected chi connectivity index (χ3v) is 5.79. The van der Waals surface area contributed by atoms with Crippen molar-refractivity contribution >= 4 is 5.91 Å². The molecule has 2 aromatic rings. The minimum absolute atomic E-state index is 0.0728. The first-order valence-corrected chi connectivity index (χ1v) is 9.90. The Bertz CT molecular complexity index is 764. The number of nitrogens with zero attached hydrogens (tertiary/aromatic N) is 1. The number of ether oxygens (including phenoxy) is 2. The Balaban J connectivity index is 1.48. The van der Waals surface area contributed by atoms with Crippen LogP contribution in [0.2, 0.25) is 0 Å². The van der Waals surface area contributed by atoms with E-state index in [0.717, 1.165) is 31.2 Å². The summed E-state index contributed by atoms with van der Waals surface area (Å²) in [6, 6.07) is 19.9. The minimum atomic E-state index is -0.519. The highest BCUT2D eigenvalue weighted by atomic mass is 16.5. The van der Waals surface area contributed by atoms with Gasteiger partial charge < -0.3 is 14.4 Å². The molecule has 1 aliphatic carbocycles. The molecule has 1 saturated carbocycles. The van der Waals surface area contributed by atoms with Crippen LogP contribution in [0.25, 0.3) is 0 Å². The van der Waals surface area contributed by atoms with E-state index in [9.17, 15) is 4.79 Å². The predicted molar refractivity (Wildman–Crippen MR) is 104 cm³/mol. The first-order chi connectivity index (χ1) is 13.2. The summed E-state index contributed by atoms with van der Waals surface area (Å²) >= 11 is 0. The van der Waals surface area contributed by atoms with E-state index in [1.807, 2.05) is 53.4 Å². The van der Waals surface area contributed by atoms with Crippen molar-refractivity contribution in [2.24, 2.45) is 0 Å². The Kier molecular flexibility index (Phi) is 5.28. The van der Waals surface area contributed by atoms with Gasteiger partial charge in [0.25, 0.3) is 5.91 Å². The predicted octanol–water partition coefficient (Wildman–Crippen LogP) is 4.40. The molecule has 1 amide bonds. The summed E-state index contributed by atoms with van der Waals surface area (Å²) in [4.78, 5) is 15.3. The molecule has 0 aromatic heterocycles. The number of hydrogen-bond acceptors (Lipinski definition) is 3. The Morgan fingerprint density at radius 2 is 1.85 bits per heavy atom. The standard InChI is InChI=1S/C23H27NO3/c1-2-20-17-27-23(24(20)22(25)19-11-7-4-8-12-19)14-13-21(15-23)26-16-18-9-5-3-6-10-18/h3-12,20-21H,2,13-17H2,1H3/t20-,21+,23-/m0/s1. The van der Waals surface area contributed by atoms with E-state index in [1.165, 1.54) is 5.56 Å². The summed E-state index contributed by atoms with van der Waals surface area (Å²) in [5.41, 5.74) is 1.39. The molecule has 1 aliphatic heterocycles. The van der Waals surface area contributed by atoms with Gasteiger partial charge in [-0.1, -0.05) is 55.5 Å². The molecule has 0 unspecified atom stereocenters. The molecule has 1 spiro atoms. The van der Waals surface area contributed by atoms with Crippen molar-refractivity contribution in [1.29, 1.82) is 0 Å². The molecule has 4 heteroatoms. The molecule has 27 heavy (non-hydrogen) atoms. The van der Waals surface area contributed by atoms with Crippen molar-refractivity contribution in [3.05, 3.63) is 71.8 Å². The van der Waals surface area contributed by atoms with Gasteiger partial charge in [0, 0.05) is 12.0 Å². The average Bonchev–Trinajstić information content (AvgIpc) is 3.31. The van der Waals surface area contributed by atoms with Crippen LogP contribution in [-0.2, 0) is 16.1 Å². The maximum absolute atomic E-state index is 13.3. The molecule has 3 atom stereocenters. The molecule has 142 valence electrons. The average molecular weight is 365 g/mol. The fourth-order valence-electron chi connectivity index (χ4n) is 4.33. The van der Waals surface area contributed by atoms with Crippen LogP contribution < -0.4 is 0 Å². The van der Waals surface area contributed by atoms with Gasteiger partial charge in [-0.15, -0.1) is 0 Å². The molecule has 0 bridgehead atoms. The molecular formula is C23H27NO3. The third-order valence-electron chi connectivity index (χ3n) is 5.79. The van der Waals surface area contributed by atoms with Crippen LogP contribution in [0, 0.1) is 0 Å². The van der Waals surface area contributed by atoms with Crippen LogP contribution in [0.4, 0.5) is 0 Å². The lowest BCUT2D eigenvalue weighted by atomic mass is 10.1. The van der Waals surface area contributed by atoms with Crippen LogP contribution in [0.5, 0.6) is 0 Å². The van der Waals surface area contributed by atoms with E-state index >= 15 is 0 Å². The first kappa shape index (κ1) is 18.2. The van der Waals surface area contributed by atoms with Crippen molar-refractivity contribution < 1.29 is 14.3 Å². The van der Waals surface area contributed by atoms with Crippen molar-refractivity contribution in [2.75, 3.05) is 6.61 Å². The summed E-state index contributed by atoms with van der Waals surface area (Å²) < 4.78 is 12.4. The van der Waals surface area contributed by atoms with E-state index in [2.05, 4.69) is 19.1 Å². The Morgan fingerprint density at radius 1 is 1.15 bits per heavy atom. The lowest BCUT2D eigenvalue weighted by molar-refractivity contribution is -0.0773. The molecule has 1 heterocycles. The second-order valence-corrected chi connectivity index (χ2v) is 7.52. The molecule has 0 radical (unpaired) electrons. The van der Waals surface area contributed by atoms with E-state index in [0.29, 0.717) is 13.2 Å². The fourth-order valence-corrected chi connectivity index (χ4v) is 4.33. The summed E-state index contributed by atoms with van der Waals surface area (Å²) in [5.74, 6) is 0.0728. The smallest absolute Gasteiger partial charge is 0.256 e. The van der Waals surface area contributed by atoms with Crippen molar-refractivity contribution in [2.45, 2.75) is 57.1 Å². The quantitative estimate of drug-likeness (QED) is 0.788. The van der Waals surface area contributed by atoms with Crippen LogP contribution in [0.15, 0.2) is 60.7 Å². The lowest BCUT2D eigenvalue weighted by Gasteiger charge is -2.36. The van der Waals surface area contributed by atoms with Crippen molar-refractivity contribution in [1.82, 2.24) is 4.90 Å².